The van der Waals surface area contributed by atoms with Gasteiger partial charge in [0.2, 0.25) is 11.8 Å². The van der Waals surface area contributed by atoms with E-state index < -0.39 is 65.3 Å². The van der Waals surface area contributed by atoms with Crippen LogP contribution in [0.1, 0.15) is 119 Å². The minimum absolute atomic E-state index is 0.0116. The highest BCUT2D eigenvalue weighted by atomic mass is 16.7. The lowest BCUT2D eigenvalue weighted by atomic mass is 9.70. The number of rotatable bonds is 18. The van der Waals surface area contributed by atoms with E-state index in [0.29, 0.717) is 55.1 Å². The standard InChI is InChI=1S/C55H66N6O10/c1-5-7-15-27-54(28-16-8-6-2)42-32-38(56-48(62)44-22-17-29-60(44)50(64)46(58-52(66)68-3)36-18-11-9-12-19-36)23-25-40(42)41-26-24-39(33-43(41)54)57-49(63)45-34-55(70-30-31-71-55)35-61(45)51(65)47(59-53(67)69-4)37-20-13-10-14-21-37/h9-14,18-21,23-26,32-33,44-47H,5-8,15-17,22,27-31,34-35H2,1-4H3,(H,56,62)(H,57,63)(H,58,66)(H,59,67)/t44-,45-,46?,47?/m0/s1. The summed E-state index contributed by atoms with van der Waals surface area (Å²) in [7, 11) is 2.47. The number of ether oxygens (including phenoxy) is 4. The lowest BCUT2D eigenvalue weighted by Crippen LogP contribution is -2.49. The first kappa shape index (κ1) is 50.6. The molecule has 3 heterocycles. The van der Waals surface area contributed by atoms with Crippen LogP contribution in [0.4, 0.5) is 21.0 Å². The van der Waals surface area contributed by atoms with E-state index in [2.05, 4.69) is 53.3 Å². The van der Waals surface area contributed by atoms with Crippen LogP contribution in [0.15, 0.2) is 97.1 Å². The first-order valence-electron chi connectivity index (χ1n) is 25.0. The molecule has 2 unspecified atom stereocenters. The Kier molecular flexibility index (Phi) is 16.1. The van der Waals surface area contributed by atoms with Crippen molar-refractivity contribution in [1.82, 2.24) is 20.4 Å². The van der Waals surface area contributed by atoms with Crippen molar-refractivity contribution >= 4 is 47.2 Å². The number of unbranched alkanes of at least 4 members (excludes halogenated alkanes) is 4. The van der Waals surface area contributed by atoms with Gasteiger partial charge in [-0.05, 0) is 83.3 Å². The SMILES string of the molecule is CCCCCC1(CCCCC)c2cc(NC(=O)[C@@H]3CCCN3C(=O)C(NC(=O)OC)c3ccccc3)ccc2-c2ccc(NC(=O)[C@@H]3CC4(CN3C(=O)C(NC(=O)OC)c3ccccc3)OCCO4)cc21. The lowest BCUT2D eigenvalue weighted by Gasteiger charge is -2.33. The molecular weight excluding hydrogens is 905 g/mol. The summed E-state index contributed by atoms with van der Waals surface area (Å²) in [6, 6.07) is 25.9. The van der Waals surface area contributed by atoms with E-state index in [4.69, 9.17) is 18.9 Å². The Morgan fingerprint density at radius 2 is 1.11 bits per heavy atom. The topological polar surface area (TPSA) is 194 Å². The maximum atomic E-state index is 14.7. The fraction of sp³-hybridized carbons (Fsp3) is 0.455. The molecule has 4 atom stereocenters. The predicted molar refractivity (Wildman–Crippen MR) is 267 cm³/mol. The van der Waals surface area contributed by atoms with Crippen LogP contribution >= 0.6 is 0 Å². The minimum Gasteiger partial charge on any atom is -0.453 e. The van der Waals surface area contributed by atoms with Crippen LogP contribution < -0.4 is 21.3 Å². The van der Waals surface area contributed by atoms with E-state index in [-0.39, 0.29) is 18.9 Å². The molecule has 0 aromatic heterocycles. The second-order valence-corrected chi connectivity index (χ2v) is 18.9. The van der Waals surface area contributed by atoms with Crippen molar-refractivity contribution < 1.29 is 47.7 Å². The van der Waals surface area contributed by atoms with Crippen LogP contribution in [-0.4, -0.2) is 104 Å². The zero-order valence-corrected chi connectivity index (χ0v) is 41.1. The van der Waals surface area contributed by atoms with Gasteiger partial charge in [-0.25, -0.2) is 9.59 Å². The third kappa shape index (κ3) is 10.8. The Hall–Kier alpha value is -6.78. The molecular formula is C55H66N6O10. The van der Waals surface area contributed by atoms with Crippen LogP contribution in [-0.2, 0) is 43.5 Å². The highest BCUT2D eigenvalue weighted by Crippen LogP contribution is 2.55. The maximum Gasteiger partial charge on any atom is 0.407 e. The van der Waals surface area contributed by atoms with Gasteiger partial charge in [-0.3, -0.25) is 19.2 Å². The van der Waals surface area contributed by atoms with E-state index >= 15 is 0 Å². The average Bonchev–Trinajstić information content (AvgIpc) is 4.21. The summed E-state index contributed by atoms with van der Waals surface area (Å²) in [6.45, 7) is 5.35. The predicted octanol–water partition coefficient (Wildman–Crippen LogP) is 8.52. The third-order valence-electron chi connectivity index (χ3n) is 14.5. The molecule has 4 N–H and O–H groups in total. The number of methoxy groups -OCH3 is 2. The molecule has 4 aliphatic rings. The van der Waals surface area contributed by atoms with E-state index in [0.717, 1.165) is 73.6 Å². The van der Waals surface area contributed by atoms with Crippen LogP contribution in [0.3, 0.4) is 0 Å². The Morgan fingerprint density at radius 3 is 1.59 bits per heavy atom. The molecule has 16 nitrogen and oxygen atoms in total. The largest absolute Gasteiger partial charge is 0.453 e. The van der Waals surface area contributed by atoms with Gasteiger partial charge in [0.25, 0.3) is 11.8 Å². The number of carbonyl (C=O) groups excluding carboxylic acids is 6. The molecule has 4 aromatic carbocycles. The smallest absolute Gasteiger partial charge is 0.407 e. The number of amides is 6. The molecule has 1 aliphatic carbocycles. The molecule has 376 valence electrons. The van der Waals surface area contributed by atoms with Gasteiger partial charge in [0.15, 0.2) is 5.79 Å². The van der Waals surface area contributed by atoms with Crippen molar-refractivity contribution in [2.24, 2.45) is 0 Å². The summed E-state index contributed by atoms with van der Waals surface area (Å²) in [5.41, 5.74) is 6.12. The van der Waals surface area contributed by atoms with Crippen molar-refractivity contribution in [2.75, 3.05) is 51.2 Å². The van der Waals surface area contributed by atoms with Gasteiger partial charge in [-0.15, -0.1) is 0 Å². The second-order valence-electron chi connectivity index (χ2n) is 18.9. The summed E-state index contributed by atoms with van der Waals surface area (Å²) >= 11 is 0. The number of fused-ring (bicyclic) bond motifs is 3. The van der Waals surface area contributed by atoms with Crippen molar-refractivity contribution in [2.45, 2.75) is 120 Å². The van der Waals surface area contributed by atoms with Gasteiger partial charge in [-0.1, -0.05) is 125 Å². The lowest BCUT2D eigenvalue weighted by molar-refractivity contribution is -0.153. The van der Waals surface area contributed by atoms with Gasteiger partial charge in [0.05, 0.1) is 34.0 Å². The average molecular weight is 971 g/mol. The summed E-state index contributed by atoms with van der Waals surface area (Å²) in [4.78, 5) is 85.8. The van der Waals surface area contributed by atoms with Crippen LogP contribution in [0.2, 0.25) is 0 Å². The van der Waals surface area contributed by atoms with Crippen molar-refractivity contribution in [3.8, 4) is 11.1 Å². The Bertz CT molecular complexity index is 2560. The summed E-state index contributed by atoms with van der Waals surface area (Å²) in [5.74, 6) is -2.80. The van der Waals surface area contributed by atoms with Gasteiger partial charge in [0, 0.05) is 29.8 Å². The molecule has 0 bridgehead atoms. The molecule has 3 fully saturated rings. The number of anilines is 2. The summed E-state index contributed by atoms with van der Waals surface area (Å²) < 4.78 is 21.9. The number of likely N-dealkylation sites (tertiary alicyclic amines) is 2. The fourth-order valence-corrected chi connectivity index (χ4v) is 11.0. The second kappa shape index (κ2) is 22.5. The maximum absolute atomic E-state index is 14.7. The molecule has 3 aliphatic heterocycles. The van der Waals surface area contributed by atoms with Crippen LogP contribution in [0.5, 0.6) is 0 Å². The van der Waals surface area contributed by atoms with Gasteiger partial charge in [0.1, 0.15) is 24.2 Å². The number of alkyl carbamates (subject to hydrolysis) is 2. The Labute approximate surface area is 415 Å². The normalized spacial score (nSPS) is 19.0. The quantitative estimate of drug-likeness (QED) is 0.0703. The minimum atomic E-state index is -1.18. The number of benzene rings is 4. The van der Waals surface area contributed by atoms with Crippen molar-refractivity contribution in [3.05, 3.63) is 119 Å². The van der Waals surface area contributed by atoms with Gasteiger partial charge in [-0.2, -0.15) is 0 Å². The number of nitrogens with one attached hydrogen (secondary N) is 4. The van der Waals surface area contributed by atoms with Crippen LogP contribution in [0, 0.1) is 0 Å². The highest BCUT2D eigenvalue weighted by molar-refractivity contribution is 6.01. The number of nitrogens with zero attached hydrogens (tertiary/aromatic N) is 2. The Morgan fingerprint density at radius 1 is 0.634 bits per heavy atom. The number of hydrogen-bond donors (Lipinski definition) is 4. The first-order valence-corrected chi connectivity index (χ1v) is 25.0. The van der Waals surface area contributed by atoms with E-state index in [1.807, 2.05) is 30.3 Å². The fourth-order valence-electron chi connectivity index (χ4n) is 11.0. The van der Waals surface area contributed by atoms with E-state index in [1.54, 1.807) is 53.4 Å². The molecule has 3 saturated heterocycles. The van der Waals surface area contributed by atoms with Crippen molar-refractivity contribution in [1.29, 1.82) is 0 Å². The molecule has 0 saturated carbocycles. The van der Waals surface area contributed by atoms with E-state index in [1.165, 1.54) is 19.1 Å². The molecule has 8 rings (SSSR count). The number of carbonyl (C=O) groups is 6. The molecule has 71 heavy (non-hydrogen) atoms. The summed E-state index contributed by atoms with van der Waals surface area (Å²) in [5, 5.41) is 11.7. The third-order valence-corrected chi connectivity index (χ3v) is 14.5. The zero-order valence-electron chi connectivity index (χ0n) is 41.1. The van der Waals surface area contributed by atoms with Crippen molar-refractivity contribution in [3.63, 3.8) is 0 Å². The monoisotopic (exact) mass is 970 g/mol. The number of hydrogen-bond acceptors (Lipinski definition) is 10. The molecule has 0 radical (unpaired) electrons. The van der Waals surface area contributed by atoms with Gasteiger partial charge < -0.3 is 50.0 Å². The highest BCUT2D eigenvalue weighted by Gasteiger charge is 2.54. The van der Waals surface area contributed by atoms with Crippen LogP contribution in [0.25, 0.3) is 11.1 Å². The first-order chi connectivity index (χ1) is 34.4. The Balaban J connectivity index is 1.08. The zero-order chi connectivity index (χ0) is 50.1. The molecule has 1 spiro atoms. The van der Waals surface area contributed by atoms with E-state index in [9.17, 15) is 28.8 Å². The molecule has 16 heteroatoms. The summed E-state index contributed by atoms with van der Waals surface area (Å²) in [6.07, 6.45) is 7.35. The molecule has 4 aromatic rings. The van der Waals surface area contributed by atoms with Gasteiger partial charge >= 0.3 is 12.2 Å². The molecule has 6 amide bonds.